The highest BCUT2D eigenvalue weighted by molar-refractivity contribution is 5.62. The number of nitrogens with zero attached hydrogens (tertiary/aromatic N) is 1. The molecule has 0 aromatic heterocycles. The molecule has 0 radical (unpaired) electrons. The molecule has 5 rings (SSSR count). The first-order chi connectivity index (χ1) is 10.5. The van der Waals surface area contributed by atoms with E-state index in [2.05, 4.69) is 67.5 Å². The molecule has 0 aliphatic heterocycles. The Kier molecular flexibility index (Phi) is 2.82. The van der Waals surface area contributed by atoms with Gasteiger partial charge in [0.15, 0.2) is 0 Å². The van der Waals surface area contributed by atoms with E-state index in [0.717, 1.165) is 13.0 Å². The lowest BCUT2D eigenvalue weighted by molar-refractivity contribution is -0.0429. The lowest BCUT2D eigenvalue weighted by atomic mass is 9.49. The first-order valence-corrected chi connectivity index (χ1v) is 8.03. The Hall–Kier alpha value is -1.64. The fraction of sp³-hybridized carbons (Fsp3) is 0.400. The van der Waals surface area contributed by atoms with Crippen LogP contribution in [0.25, 0.3) is 0 Å². The summed E-state index contributed by atoms with van der Waals surface area (Å²) in [5.41, 5.74) is 4.33. The van der Waals surface area contributed by atoms with Crippen molar-refractivity contribution in [3.05, 3.63) is 70.8 Å². The van der Waals surface area contributed by atoms with E-state index in [0.29, 0.717) is 5.92 Å². The average Bonchev–Trinajstić information content (AvgIpc) is 2.49. The zero-order valence-corrected chi connectivity index (χ0v) is 13.5. The van der Waals surface area contributed by atoms with Crippen LogP contribution in [0, 0.1) is 0 Å². The number of hydrogen-bond acceptors (Lipinski definition) is 2. The van der Waals surface area contributed by atoms with E-state index >= 15 is 0 Å². The van der Waals surface area contributed by atoms with Gasteiger partial charge in [-0.3, -0.25) is 0 Å². The van der Waals surface area contributed by atoms with Crippen LogP contribution in [0.2, 0.25) is 0 Å². The molecular weight excluding hydrogens is 270 g/mol. The Morgan fingerprint density at radius 3 is 2.00 bits per heavy atom. The summed E-state index contributed by atoms with van der Waals surface area (Å²) in [6.07, 6.45) is 0.800. The SMILES string of the molecule is CN(C)CC12c3ccccc3C(CC1(C)O)c1ccccc12. The van der Waals surface area contributed by atoms with E-state index in [1.54, 1.807) is 0 Å². The maximum absolute atomic E-state index is 11.4. The van der Waals surface area contributed by atoms with E-state index in [9.17, 15) is 5.11 Å². The standard InChI is InChI=1S/C20H23NO/c1-19(22)12-16-14-8-4-6-10-17(14)20(19,13-21(2)3)18-11-7-5-9-15(16)18/h4-11,16,22H,12-13H2,1-3H3. The van der Waals surface area contributed by atoms with Gasteiger partial charge < -0.3 is 10.0 Å². The lowest BCUT2D eigenvalue weighted by Gasteiger charge is -2.58. The number of likely N-dealkylation sites (N-methyl/N-ethyl adjacent to an activating group) is 1. The molecule has 1 unspecified atom stereocenters. The summed E-state index contributed by atoms with van der Waals surface area (Å²) in [7, 11) is 4.19. The number of fused-ring (bicyclic) bond motifs is 1. The summed E-state index contributed by atoms with van der Waals surface area (Å²) in [4.78, 5) is 2.20. The van der Waals surface area contributed by atoms with Crippen molar-refractivity contribution in [1.82, 2.24) is 4.90 Å². The maximum Gasteiger partial charge on any atom is 0.0778 e. The molecule has 1 N–H and O–H groups in total. The van der Waals surface area contributed by atoms with E-state index in [1.807, 2.05) is 6.92 Å². The van der Waals surface area contributed by atoms with E-state index in [1.165, 1.54) is 22.3 Å². The predicted octanol–water partition coefficient (Wildman–Crippen LogP) is 3.13. The fourth-order valence-corrected chi connectivity index (χ4v) is 4.88. The summed E-state index contributed by atoms with van der Waals surface area (Å²) in [6, 6.07) is 17.4. The number of hydrogen-bond donors (Lipinski definition) is 1. The van der Waals surface area contributed by atoms with E-state index < -0.39 is 5.60 Å². The normalized spacial score (nSPS) is 32.0. The minimum atomic E-state index is -0.732. The highest BCUT2D eigenvalue weighted by atomic mass is 16.3. The Bertz CT molecular complexity index is 684. The number of rotatable bonds is 2. The van der Waals surface area contributed by atoms with Crippen molar-refractivity contribution in [3.63, 3.8) is 0 Å². The second-order valence-corrected chi connectivity index (χ2v) is 7.35. The molecule has 2 bridgehead atoms. The molecule has 3 aliphatic rings. The summed E-state index contributed by atoms with van der Waals surface area (Å²) in [5, 5.41) is 11.4. The first kappa shape index (κ1) is 14.0. The van der Waals surface area contributed by atoms with Crippen molar-refractivity contribution in [2.75, 3.05) is 20.6 Å². The van der Waals surface area contributed by atoms with Crippen molar-refractivity contribution in [2.45, 2.75) is 30.3 Å². The van der Waals surface area contributed by atoms with Crippen LogP contribution < -0.4 is 0 Å². The lowest BCUT2D eigenvalue weighted by Crippen LogP contribution is -2.62. The van der Waals surface area contributed by atoms with Crippen LogP contribution in [-0.2, 0) is 5.41 Å². The molecule has 22 heavy (non-hydrogen) atoms. The zero-order valence-electron chi connectivity index (χ0n) is 13.5. The molecule has 0 amide bonds. The van der Waals surface area contributed by atoms with E-state index in [-0.39, 0.29) is 5.41 Å². The molecule has 0 fully saturated rings. The molecular formula is C20H23NO. The fourth-order valence-electron chi connectivity index (χ4n) is 4.88. The molecule has 3 aliphatic carbocycles. The molecule has 0 saturated heterocycles. The Balaban J connectivity index is 2.10. The first-order valence-electron chi connectivity index (χ1n) is 8.03. The summed E-state index contributed by atoms with van der Waals surface area (Å²) >= 11 is 0. The van der Waals surface area contributed by atoms with Crippen molar-refractivity contribution in [3.8, 4) is 0 Å². The van der Waals surface area contributed by atoms with Gasteiger partial charge in [-0.2, -0.15) is 0 Å². The Morgan fingerprint density at radius 2 is 1.50 bits per heavy atom. The van der Waals surface area contributed by atoms with Gasteiger partial charge >= 0.3 is 0 Å². The second-order valence-electron chi connectivity index (χ2n) is 7.35. The van der Waals surface area contributed by atoms with Gasteiger partial charge in [-0.05, 0) is 49.7 Å². The second kappa shape index (κ2) is 4.43. The van der Waals surface area contributed by atoms with E-state index in [4.69, 9.17) is 0 Å². The van der Waals surface area contributed by atoms with Crippen LogP contribution in [0.1, 0.15) is 41.5 Å². The van der Waals surface area contributed by atoms with Crippen molar-refractivity contribution >= 4 is 0 Å². The van der Waals surface area contributed by atoms with Gasteiger partial charge in [0.1, 0.15) is 0 Å². The van der Waals surface area contributed by atoms with Crippen LogP contribution in [-0.4, -0.2) is 36.2 Å². The smallest absolute Gasteiger partial charge is 0.0778 e. The quantitative estimate of drug-likeness (QED) is 0.919. The summed E-state index contributed by atoms with van der Waals surface area (Å²) in [6.45, 7) is 2.84. The van der Waals surface area contributed by atoms with Crippen LogP contribution in [0.4, 0.5) is 0 Å². The van der Waals surface area contributed by atoms with Crippen molar-refractivity contribution < 1.29 is 5.11 Å². The van der Waals surface area contributed by atoms with Gasteiger partial charge in [0.25, 0.3) is 0 Å². The highest BCUT2D eigenvalue weighted by Crippen LogP contribution is 2.60. The molecule has 0 heterocycles. The molecule has 2 aromatic carbocycles. The van der Waals surface area contributed by atoms with Crippen LogP contribution in [0.3, 0.4) is 0 Å². The maximum atomic E-state index is 11.4. The zero-order chi connectivity index (χ0) is 15.5. The van der Waals surface area contributed by atoms with Gasteiger partial charge in [0.05, 0.1) is 11.0 Å². The van der Waals surface area contributed by atoms with Crippen LogP contribution in [0.15, 0.2) is 48.5 Å². The molecule has 0 spiro atoms. The van der Waals surface area contributed by atoms with Gasteiger partial charge in [0.2, 0.25) is 0 Å². The minimum Gasteiger partial charge on any atom is -0.389 e. The van der Waals surface area contributed by atoms with Crippen LogP contribution >= 0.6 is 0 Å². The monoisotopic (exact) mass is 293 g/mol. The molecule has 2 heteroatoms. The molecule has 2 aromatic rings. The molecule has 0 saturated carbocycles. The molecule has 2 nitrogen and oxygen atoms in total. The van der Waals surface area contributed by atoms with Crippen molar-refractivity contribution in [2.24, 2.45) is 0 Å². The van der Waals surface area contributed by atoms with Gasteiger partial charge in [0, 0.05) is 12.5 Å². The summed E-state index contributed by atoms with van der Waals surface area (Å²) in [5.74, 6) is 0.312. The largest absolute Gasteiger partial charge is 0.389 e. The number of aliphatic hydroxyl groups is 1. The van der Waals surface area contributed by atoms with Crippen LogP contribution in [0.5, 0.6) is 0 Å². The molecule has 114 valence electrons. The Labute approximate surface area is 132 Å². The number of benzene rings is 2. The third kappa shape index (κ3) is 1.57. The third-order valence-corrected chi connectivity index (χ3v) is 5.67. The topological polar surface area (TPSA) is 23.5 Å². The average molecular weight is 293 g/mol. The summed E-state index contributed by atoms with van der Waals surface area (Å²) < 4.78 is 0. The van der Waals surface area contributed by atoms with Gasteiger partial charge in [-0.25, -0.2) is 0 Å². The minimum absolute atomic E-state index is 0.312. The van der Waals surface area contributed by atoms with Crippen molar-refractivity contribution in [1.29, 1.82) is 0 Å². The molecule has 1 atom stereocenters. The highest BCUT2D eigenvalue weighted by Gasteiger charge is 2.59. The van der Waals surface area contributed by atoms with Gasteiger partial charge in [-0.1, -0.05) is 48.5 Å². The Morgan fingerprint density at radius 1 is 1.00 bits per heavy atom. The predicted molar refractivity (Wildman–Crippen MR) is 89.3 cm³/mol. The third-order valence-electron chi connectivity index (χ3n) is 5.67. The van der Waals surface area contributed by atoms with Gasteiger partial charge in [-0.15, -0.1) is 0 Å².